The van der Waals surface area contributed by atoms with E-state index in [0.717, 1.165) is 12.2 Å². The maximum Gasteiger partial charge on any atom is 0.472 e. The molecule has 2 unspecified atom stereocenters. The number of hydrogen-bond acceptors (Lipinski definition) is 7. The predicted octanol–water partition coefficient (Wildman–Crippen LogP) is 1.85. The van der Waals surface area contributed by atoms with Crippen LogP contribution in [0.4, 0.5) is 0 Å². The van der Waals surface area contributed by atoms with Gasteiger partial charge in [0.2, 0.25) is 0 Å². The van der Waals surface area contributed by atoms with Crippen molar-refractivity contribution in [3.05, 3.63) is 25.3 Å². The van der Waals surface area contributed by atoms with Crippen LogP contribution in [-0.4, -0.2) is 43.3 Å². The van der Waals surface area contributed by atoms with E-state index in [0.29, 0.717) is 0 Å². The molecule has 9 heteroatoms. The Bertz CT molecular complexity index is 424. The highest BCUT2D eigenvalue weighted by molar-refractivity contribution is 7.47. The summed E-state index contributed by atoms with van der Waals surface area (Å²) in [6.07, 6.45) is 2.04. The SMILES string of the molecule is C=CC(=O)OCC(C)COP(=O)(O)OCC(C)COC(=O)C=C. The second-order valence-corrected chi connectivity index (χ2v) is 6.39. The standard InChI is InChI=1S/C14H23O8P/c1-5-13(15)19-7-11(3)9-21-23(17,18)22-10-12(4)8-20-14(16)6-2/h5-6,11-12H,1-2,7-10H2,3-4H3,(H,17,18). The minimum atomic E-state index is -4.23. The summed E-state index contributed by atoms with van der Waals surface area (Å²) in [5.41, 5.74) is 0. The van der Waals surface area contributed by atoms with Crippen molar-refractivity contribution in [3.63, 3.8) is 0 Å². The van der Waals surface area contributed by atoms with Gasteiger partial charge in [-0.3, -0.25) is 9.05 Å². The Morgan fingerprint density at radius 3 is 1.61 bits per heavy atom. The van der Waals surface area contributed by atoms with Crippen LogP contribution in [-0.2, 0) is 32.7 Å². The van der Waals surface area contributed by atoms with Crippen LogP contribution in [0.1, 0.15) is 13.8 Å². The molecule has 0 amide bonds. The van der Waals surface area contributed by atoms with Gasteiger partial charge in [0.25, 0.3) is 0 Å². The van der Waals surface area contributed by atoms with Gasteiger partial charge in [0, 0.05) is 24.0 Å². The van der Waals surface area contributed by atoms with E-state index in [-0.39, 0.29) is 38.3 Å². The van der Waals surface area contributed by atoms with Gasteiger partial charge >= 0.3 is 19.8 Å². The summed E-state index contributed by atoms with van der Waals surface area (Å²) in [5, 5.41) is 0. The lowest BCUT2D eigenvalue weighted by Gasteiger charge is -2.17. The second-order valence-electron chi connectivity index (χ2n) is 4.94. The van der Waals surface area contributed by atoms with Crippen molar-refractivity contribution in [1.29, 1.82) is 0 Å². The van der Waals surface area contributed by atoms with E-state index < -0.39 is 19.8 Å². The first kappa shape index (κ1) is 21.5. The van der Waals surface area contributed by atoms with Gasteiger partial charge in [-0.15, -0.1) is 0 Å². The van der Waals surface area contributed by atoms with Gasteiger partial charge in [-0.05, 0) is 0 Å². The summed E-state index contributed by atoms with van der Waals surface area (Å²) in [6.45, 7) is 9.65. The van der Waals surface area contributed by atoms with Crippen LogP contribution >= 0.6 is 7.82 Å². The van der Waals surface area contributed by atoms with Gasteiger partial charge in [0.1, 0.15) is 0 Å². The molecule has 0 saturated carbocycles. The molecule has 0 radical (unpaired) electrons. The summed E-state index contributed by atoms with van der Waals surface area (Å²) in [5.74, 6) is -1.76. The first-order valence-corrected chi connectivity index (χ1v) is 8.40. The summed E-state index contributed by atoms with van der Waals surface area (Å²) < 4.78 is 30.8. The molecule has 1 N–H and O–H groups in total. The van der Waals surface area contributed by atoms with E-state index in [1.54, 1.807) is 13.8 Å². The van der Waals surface area contributed by atoms with Crippen LogP contribution in [0.15, 0.2) is 25.3 Å². The normalized spacial score (nSPS) is 15.8. The van der Waals surface area contributed by atoms with Gasteiger partial charge in [-0.25, -0.2) is 14.2 Å². The van der Waals surface area contributed by atoms with Crippen LogP contribution in [0.25, 0.3) is 0 Å². The molecule has 132 valence electrons. The Labute approximate surface area is 135 Å². The average Bonchev–Trinajstić information content (AvgIpc) is 2.53. The Balaban J connectivity index is 4.01. The highest BCUT2D eigenvalue weighted by Crippen LogP contribution is 2.43. The molecule has 0 aromatic heterocycles. The van der Waals surface area contributed by atoms with E-state index in [1.165, 1.54) is 0 Å². The van der Waals surface area contributed by atoms with E-state index in [1.807, 2.05) is 0 Å². The summed E-state index contributed by atoms with van der Waals surface area (Å²) in [6, 6.07) is 0. The van der Waals surface area contributed by atoms with Crippen molar-refractivity contribution in [1.82, 2.24) is 0 Å². The zero-order chi connectivity index (χ0) is 17.9. The van der Waals surface area contributed by atoms with Crippen LogP contribution in [0, 0.1) is 11.8 Å². The zero-order valence-electron chi connectivity index (χ0n) is 13.3. The molecular weight excluding hydrogens is 327 g/mol. The van der Waals surface area contributed by atoms with Crippen molar-refractivity contribution in [3.8, 4) is 0 Å². The molecule has 0 aliphatic carbocycles. The highest BCUT2D eigenvalue weighted by atomic mass is 31.2. The molecule has 0 spiro atoms. The number of phosphoric ester groups is 1. The number of ether oxygens (including phenoxy) is 2. The second kappa shape index (κ2) is 11.1. The van der Waals surface area contributed by atoms with E-state index in [2.05, 4.69) is 13.2 Å². The molecule has 0 rings (SSSR count). The summed E-state index contributed by atoms with van der Waals surface area (Å²) in [7, 11) is -4.23. The topological polar surface area (TPSA) is 108 Å². The first-order chi connectivity index (χ1) is 10.7. The van der Waals surface area contributed by atoms with Crippen LogP contribution in [0.2, 0.25) is 0 Å². The molecule has 2 atom stereocenters. The van der Waals surface area contributed by atoms with Crippen molar-refractivity contribution in [2.24, 2.45) is 11.8 Å². The highest BCUT2D eigenvalue weighted by Gasteiger charge is 2.23. The van der Waals surface area contributed by atoms with E-state index >= 15 is 0 Å². The largest absolute Gasteiger partial charge is 0.472 e. The Morgan fingerprint density at radius 1 is 0.957 bits per heavy atom. The van der Waals surface area contributed by atoms with Crippen molar-refractivity contribution < 1.29 is 37.6 Å². The third-order valence-electron chi connectivity index (χ3n) is 2.40. The molecular formula is C14H23O8P. The summed E-state index contributed by atoms with van der Waals surface area (Å²) >= 11 is 0. The number of carbonyl (C=O) groups excluding carboxylic acids is 2. The molecule has 0 aliphatic heterocycles. The quantitative estimate of drug-likeness (QED) is 0.323. The van der Waals surface area contributed by atoms with Gasteiger partial charge in [0.15, 0.2) is 0 Å². The van der Waals surface area contributed by atoms with Crippen LogP contribution in [0.3, 0.4) is 0 Å². The third-order valence-corrected chi connectivity index (χ3v) is 3.35. The number of carbonyl (C=O) groups is 2. The lowest BCUT2D eigenvalue weighted by molar-refractivity contribution is -0.139. The van der Waals surface area contributed by atoms with E-state index in [9.17, 15) is 19.0 Å². The van der Waals surface area contributed by atoms with E-state index in [4.69, 9.17) is 18.5 Å². The molecule has 8 nitrogen and oxygen atoms in total. The molecule has 0 aliphatic rings. The first-order valence-electron chi connectivity index (χ1n) is 6.90. The fraction of sp³-hybridized carbons (Fsp3) is 0.571. The molecule has 23 heavy (non-hydrogen) atoms. The van der Waals surface area contributed by atoms with Crippen molar-refractivity contribution in [2.45, 2.75) is 13.8 Å². The third kappa shape index (κ3) is 11.7. The molecule has 0 aromatic rings. The Hall–Kier alpha value is -1.47. The number of phosphoric acid groups is 1. The monoisotopic (exact) mass is 350 g/mol. The molecule has 0 saturated heterocycles. The molecule has 0 fully saturated rings. The van der Waals surface area contributed by atoms with Crippen LogP contribution in [0.5, 0.6) is 0 Å². The molecule has 0 bridgehead atoms. The lowest BCUT2D eigenvalue weighted by Crippen LogP contribution is -2.17. The molecule has 0 aromatic carbocycles. The fourth-order valence-electron chi connectivity index (χ4n) is 1.14. The number of hydrogen-bond donors (Lipinski definition) is 1. The van der Waals surface area contributed by atoms with Gasteiger partial charge < -0.3 is 14.4 Å². The maximum atomic E-state index is 11.7. The minimum Gasteiger partial charge on any atom is -0.462 e. The number of esters is 2. The smallest absolute Gasteiger partial charge is 0.462 e. The van der Waals surface area contributed by atoms with Gasteiger partial charge in [-0.2, -0.15) is 0 Å². The van der Waals surface area contributed by atoms with Gasteiger partial charge in [0.05, 0.1) is 26.4 Å². The van der Waals surface area contributed by atoms with Crippen molar-refractivity contribution in [2.75, 3.05) is 26.4 Å². The Kier molecular flexibility index (Phi) is 10.4. The lowest BCUT2D eigenvalue weighted by atomic mass is 10.2. The zero-order valence-corrected chi connectivity index (χ0v) is 14.2. The minimum absolute atomic E-state index is 0.0265. The number of rotatable bonds is 12. The average molecular weight is 350 g/mol. The Morgan fingerprint density at radius 2 is 1.30 bits per heavy atom. The van der Waals surface area contributed by atoms with Gasteiger partial charge in [-0.1, -0.05) is 27.0 Å². The summed E-state index contributed by atoms with van der Waals surface area (Å²) in [4.78, 5) is 31.3. The molecule has 0 heterocycles. The maximum absolute atomic E-state index is 11.7. The van der Waals surface area contributed by atoms with Crippen molar-refractivity contribution >= 4 is 19.8 Å². The predicted molar refractivity (Wildman–Crippen MR) is 82.4 cm³/mol. The fourth-order valence-corrected chi connectivity index (χ4v) is 2.10. The van der Waals surface area contributed by atoms with Crippen LogP contribution < -0.4 is 0 Å².